The van der Waals surface area contributed by atoms with Crippen molar-refractivity contribution in [3.05, 3.63) is 23.8 Å². The van der Waals surface area contributed by atoms with Gasteiger partial charge in [0.25, 0.3) is 0 Å². The number of benzene rings is 1. The maximum absolute atomic E-state index is 12.3. The first-order chi connectivity index (χ1) is 9.42. The van der Waals surface area contributed by atoms with Crippen molar-refractivity contribution in [2.24, 2.45) is 0 Å². The van der Waals surface area contributed by atoms with Gasteiger partial charge >= 0.3 is 5.97 Å². The summed E-state index contributed by atoms with van der Waals surface area (Å²) in [5.74, 6) is -0.651. The molecule has 0 radical (unpaired) electrons. The highest BCUT2D eigenvalue weighted by Gasteiger charge is 2.27. The Morgan fingerprint density at radius 2 is 2.15 bits per heavy atom. The van der Waals surface area contributed by atoms with Crippen LogP contribution in [0.5, 0.6) is 5.75 Å². The van der Waals surface area contributed by atoms with E-state index in [4.69, 9.17) is 9.84 Å². The first kappa shape index (κ1) is 14.8. The molecule has 1 aliphatic carbocycles. The number of nitrogens with one attached hydrogen (secondary N) is 1. The van der Waals surface area contributed by atoms with Gasteiger partial charge in [-0.3, -0.25) is 4.79 Å². The van der Waals surface area contributed by atoms with E-state index >= 15 is 0 Å². The molecule has 7 heteroatoms. The van der Waals surface area contributed by atoms with Gasteiger partial charge in [0.05, 0.1) is 18.4 Å². The molecule has 0 aliphatic heterocycles. The minimum atomic E-state index is -3.69. The Morgan fingerprint density at radius 3 is 2.65 bits per heavy atom. The highest BCUT2D eigenvalue weighted by atomic mass is 32.2. The lowest BCUT2D eigenvalue weighted by Crippen LogP contribution is -2.39. The largest absolute Gasteiger partial charge is 0.497 e. The standard InChI is InChI=1S/C13H17NO5S/c1-19-11-5-6-12(9(7-11)8-13(15)16)20(17,18)14-10-3-2-4-10/h5-7,10,14H,2-4,8H2,1H3,(H,15,16). The average Bonchev–Trinajstić information content (AvgIpc) is 2.33. The molecule has 0 bridgehead atoms. The van der Waals surface area contributed by atoms with E-state index in [9.17, 15) is 13.2 Å². The molecule has 0 atom stereocenters. The van der Waals surface area contributed by atoms with Gasteiger partial charge in [-0.2, -0.15) is 0 Å². The number of carboxylic acid groups (broad SMARTS) is 1. The fourth-order valence-electron chi connectivity index (χ4n) is 2.06. The van der Waals surface area contributed by atoms with Crippen LogP contribution in [0.2, 0.25) is 0 Å². The van der Waals surface area contributed by atoms with Crippen LogP contribution in [0.4, 0.5) is 0 Å². The summed E-state index contributed by atoms with van der Waals surface area (Å²) >= 11 is 0. The molecule has 6 nitrogen and oxygen atoms in total. The Labute approximate surface area is 117 Å². The van der Waals surface area contributed by atoms with Crippen molar-refractivity contribution in [3.63, 3.8) is 0 Å². The second-order valence-electron chi connectivity index (χ2n) is 4.79. The molecule has 110 valence electrons. The zero-order valence-electron chi connectivity index (χ0n) is 11.1. The van der Waals surface area contributed by atoms with Crippen LogP contribution in [0.25, 0.3) is 0 Å². The van der Waals surface area contributed by atoms with E-state index in [1.54, 1.807) is 0 Å². The van der Waals surface area contributed by atoms with Crippen molar-refractivity contribution in [2.75, 3.05) is 7.11 Å². The number of hydrogen-bond acceptors (Lipinski definition) is 4. The van der Waals surface area contributed by atoms with Crippen LogP contribution < -0.4 is 9.46 Å². The van der Waals surface area contributed by atoms with Crippen molar-refractivity contribution in [1.29, 1.82) is 0 Å². The minimum absolute atomic E-state index is 0.00704. The molecule has 1 aromatic carbocycles. The van der Waals surface area contributed by atoms with E-state index in [1.165, 1.54) is 25.3 Å². The number of carboxylic acids is 1. The zero-order chi connectivity index (χ0) is 14.8. The van der Waals surface area contributed by atoms with Gasteiger partial charge in [0.1, 0.15) is 5.75 Å². The Kier molecular flexibility index (Phi) is 4.29. The second-order valence-corrected chi connectivity index (χ2v) is 6.48. The van der Waals surface area contributed by atoms with Crippen LogP contribution in [0, 0.1) is 0 Å². The van der Waals surface area contributed by atoms with E-state index < -0.39 is 16.0 Å². The van der Waals surface area contributed by atoms with Crippen molar-refractivity contribution < 1.29 is 23.1 Å². The Balaban J connectivity index is 2.35. The van der Waals surface area contributed by atoms with Crippen molar-refractivity contribution >= 4 is 16.0 Å². The summed E-state index contributed by atoms with van der Waals surface area (Å²) < 4.78 is 32.2. The molecule has 2 rings (SSSR count). The summed E-state index contributed by atoms with van der Waals surface area (Å²) in [5, 5.41) is 8.90. The third kappa shape index (κ3) is 3.29. The van der Waals surface area contributed by atoms with Crippen molar-refractivity contribution in [2.45, 2.75) is 36.6 Å². The third-order valence-corrected chi connectivity index (χ3v) is 4.95. The van der Waals surface area contributed by atoms with E-state index in [2.05, 4.69) is 4.72 Å². The summed E-state index contributed by atoms with van der Waals surface area (Å²) in [6.45, 7) is 0. The summed E-state index contributed by atoms with van der Waals surface area (Å²) in [5.41, 5.74) is 0.226. The fraction of sp³-hybridized carbons (Fsp3) is 0.462. The lowest BCUT2D eigenvalue weighted by molar-refractivity contribution is -0.136. The van der Waals surface area contributed by atoms with Crippen LogP contribution >= 0.6 is 0 Å². The van der Waals surface area contributed by atoms with Crippen molar-refractivity contribution in [1.82, 2.24) is 4.72 Å². The fourth-order valence-corrected chi connectivity index (χ4v) is 3.58. The van der Waals surface area contributed by atoms with Gasteiger partial charge < -0.3 is 9.84 Å². The lowest BCUT2D eigenvalue weighted by atomic mass is 9.94. The topological polar surface area (TPSA) is 92.7 Å². The Morgan fingerprint density at radius 1 is 1.45 bits per heavy atom. The lowest BCUT2D eigenvalue weighted by Gasteiger charge is -2.26. The first-order valence-electron chi connectivity index (χ1n) is 6.33. The van der Waals surface area contributed by atoms with Crippen LogP contribution in [-0.4, -0.2) is 32.6 Å². The number of sulfonamides is 1. The quantitative estimate of drug-likeness (QED) is 0.822. The van der Waals surface area contributed by atoms with Crippen molar-refractivity contribution in [3.8, 4) is 5.75 Å². The molecular weight excluding hydrogens is 282 g/mol. The normalized spacial score (nSPS) is 15.7. The summed E-state index contributed by atoms with van der Waals surface area (Å²) in [6.07, 6.45) is 2.29. The van der Waals surface area contributed by atoms with Crippen LogP contribution in [0.15, 0.2) is 23.1 Å². The maximum Gasteiger partial charge on any atom is 0.307 e. The van der Waals surface area contributed by atoms with Crippen LogP contribution in [0.1, 0.15) is 24.8 Å². The van der Waals surface area contributed by atoms with Gasteiger partial charge in [0.2, 0.25) is 10.0 Å². The number of carbonyl (C=O) groups is 1. The number of methoxy groups -OCH3 is 1. The van der Waals surface area contributed by atoms with Gasteiger partial charge in [0.15, 0.2) is 0 Å². The van der Waals surface area contributed by atoms with E-state index in [1.807, 2.05) is 0 Å². The monoisotopic (exact) mass is 299 g/mol. The van der Waals surface area contributed by atoms with Gasteiger partial charge in [-0.25, -0.2) is 13.1 Å². The molecule has 1 aromatic rings. The van der Waals surface area contributed by atoms with E-state index in [0.29, 0.717) is 5.75 Å². The molecular formula is C13H17NO5S. The summed E-state index contributed by atoms with van der Waals surface area (Å²) in [6, 6.07) is 4.31. The van der Waals surface area contributed by atoms with Gasteiger partial charge in [-0.15, -0.1) is 0 Å². The summed E-state index contributed by atoms with van der Waals surface area (Å²) in [4.78, 5) is 10.9. The molecule has 2 N–H and O–H groups in total. The highest BCUT2D eigenvalue weighted by Crippen LogP contribution is 2.25. The second kappa shape index (κ2) is 5.80. The molecule has 0 heterocycles. The molecule has 0 aromatic heterocycles. The SMILES string of the molecule is COc1ccc(S(=O)(=O)NC2CCC2)c(CC(=O)O)c1. The molecule has 1 aliphatic rings. The smallest absolute Gasteiger partial charge is 0.307 e. The number of aliphatic carboxylic acids is 1. The van der Waals surface area contributed by atoms with E-state index in [0.717, 1.165) is 19.3 Å². The average molecular weight is 299 g/mol. The first-order valence-corrected chi connectivity index (χ1v) is 7.82. The zero-order valence-corrected chi connectivity index (χ0v) is 11.9. The van der Waals surface area contributed by atoms with Gasteiger partial charge in [-0.05, 0) is 36.6 Å². The molecule has 0 saturated heterocycles. The third-order valence-electron chi connectivity index (χ3n) is 3.33. The molecule has 0 amide bonds. The molecule has 0 unspecified atom stereocenters. The number of hydrogen-bond donors (Lipinski definition) is 2. The predicted molar refractivity (Wildman–Crippen MR) is 72.3 cm³/mol. The van der Waals surface area contributed by atoms with Crippen LogP contribution in [-0.2, 0) is 21.2 Å². The van der Waals surface area contributed by atoms with Gasteiger partial charge in [0, 0.05) is 6.04 Å². The van der Waals surface area contributed by atoms with E-state index in [-0.39, 0.29) is 22.9 Å². The maximum atomic E-state index is 12.3. The highest BCUT2D eigenvalue weighted by molar-refractivity contribution is 7.89. The Hall–Kier alpha value is -1.60. The van der Waals surface area contributed by atoms with Gasteiger partial charge in [-0.1, -0.05) is 6.42 Å². The minimum Gasteiger partial charge on any atom is -0.497 e. The predicted octanol–water partition coefficient (Wildman–Crippen LogP) is 1.15. The Bertz CT molecular complexity index is 607. The summed E-state index contributed by atoms with van der Waals surface area (Å²) in [7, 11) is -2.25. The molecule has 1 fully saturated rings. The number of rotatable bonds is 6. The number of ether oxygens (including phenoxy) is 1. The van der Waals surface area contributed by atoms with Crippen LogP contribution in [0.3, 0.4) is 0 Å². The molecule has 20 heavy (non-hydrogen) atoms. The molecule has 1 saturated carbocycles. The molecule has 0 spiro atoms.